The lowest BCUT2D eigenvalue weighted by Gasteiger charge is -2.19. The van der Waals surface area contributed by atoms with Crippen molar-refractivity contribution in [3.63, 3.8) is 0 Å². The predicted octanol–water partition coefficient (Wildman–Crippen LogP) is 3.58. The molecule has 0 unspecified atom stereocenters. The van der Waals surface area contributed by atoms with Crippen molar-refractivity contribution in [1.29, 1.82) is 0 Å². The molecular weight excluding hydrogens is 372 g/mol. The van der Waals surface area contributed by atoms with E-state index >= 15 is 0 Å². The number of methoxy groups -OCH3 is 1. The van der Waals surface area contributed by atoms with E-state index < -0.39 is 11.6 Å². The van der Waals surface area contributed by atoms with E-state index in [2.05, 4.69) is 10.3 Å². The third-order valence-electron chi connectivity index (χ3n) is 4.85. The Morgan fingerprint density at radius 1 is 1.17 bits per heavy atom. The fourth-order valence-corrected chi connectivity index (χ4v) is 3.28. The summed E-state index contributed by atoms with van der Waals surface area (Å²) in [5, 5.41) is 2.87. The van der Waals surface area contributed by atoms with Crippen molar-refractivity contribution in [3.8, 4) is 0 Å². The monoisotopic (exact) mass is 402 g/mol. The number of H-pyrrole nitrogens is 1. The average Bonchev–Trinajstić information content (AvgIpc) is 3.08. The van der Waals surface area contributed by atoms with Crippen molar-refractivity contribution in [2.24, 2.45) is 0 Å². The van der Waals surface area contributed by atoms with Crippen LogP contribution in [0.3, 0.4) is 0 Å². The first kappa shape index (κ1) is 22.5. The van der Waals surface area contributed by atoms with Gasteiger partial charge in [0.25, 0.3) is 5.91 Å². The second-order valence-corrected chi connectivity index (χ2v) is 8.06. The molecular formula is C22H30N2O5. The lowest BCUT2D eigenvalue weighted by molar-refractivity contribution is -0.140. The van der Waals surface area contributed by atoms with Crippen LogP contribution in [-0.2, 0) is 25.5 Å². The number of ether oxygens (including phenoxy) is 2. The topological polar surface area (TPSA) is 97.5 Å². The maximum Gasteiger partial charge on any atom is 0.355 e. The number of carbonyl (C=O) groups excluding carboxylic acids is 3. The second-order valence-electron chi connectivity index (χ2n) is 8.06. The second kappa shape index (κ2) is 8.68. The number of carbonyl (C=O) groups is 3. The molecule has 158 valence electrons. The number of hydrogen-bond acceptors (Lipinski definition) is 5. The zero-order valence-corrected chi connectivity index (χ0v) is 18.2. The van der Waals surface area contributed by atoms with Crippen LogP contribution in [-0.4, -0.2) is 35.5 Å². The van der Waals surface area contributed by atoms with Crippen LogP contribution in [0.15, 0.2) is 16.8 Å². The van der Waals surface area contributed by atoms with Gasteiger partial charge in [-0.3, -0.25) is 9.59 Å². The summed E-state index contributed by atoms with van der Waals surface area (Å²) >= 11 is 0. The van der Waals surface area contributed by atoms with Gasteiger partial charge in [0.1, 0.15) is 11.3 Å². The molecule has 2 rings (SSSR count). The van der Waals surface area contributed by atoms with Gasteiger partial charge in [0.2, 0.25) is 0 Å². The SMILES string of the molecule is CCC1=C(C)/C(=C/c2[nH]c(C(=O)OC(C)(C)C)c(CCC(=O)OC)c2C)NC1=O. The fourth-order valence-electron chi connectivity index (χ4n) is 3.28. The summed E-state index contributed by atoms with van der Waals surface area (Å²) in [4.78, 5) is 39.6. The fraction of sp³-hybridized carbons (Fsp3) is 0.500. The Morgan fingerprint density at radius 3 is 2.34 bits per heavy atom. The summed E-state index contributed by atoms with van der Waals surface area (Å²) in [6.45, 7) is 11.1. The minimum absolute atomic E-state index is 0.0984. The van der Waals surface area contributed by atoms with Crippen LogP contribution in [0.5, 0.6) is 0 Å². The molecule has 1 aliphatic heterocycles. The third-order valence-corrected chi connectivity index (χ3v) is 4.85. The van der Waals surface area contributed by atoms with E-state index in [0.717, 1.165) is 16.7 Å². The summed E-state index contributed by atoms with van der Waals surface area (Å²) in [5.41, 5.74) is 4.23. The first-order valence-corrected chi connectivity index (χ1v) is 9.73. The number of nitrogens with one attached hydrogen (secondary N) is 2. The molecule has 7 nitrogen and oxygen atoms in total. The van der Waals surface area contributed by atoms with Crippen LogP contribution in [0.1, 0.15) is 74.8 Å². The Balaban J connectivity index is 2.48. The van der Waals surface area contributed by atoms with E-state index in [1.54, 1.807) is 20.8 Å². The lowest BCUT2D eigenvalue weighted by atomic mass is 10.0. The van der Waals surface area contributed by atoms with Gasteiger partial charge >= 0.3 is 11.9 Å². The minimum atomic E-state index is -0.650. The molecule has 0 aromatic carbocycles. The number of amides is 1. The van der Waals surface area contributed by atoms with Gasteiger partial charge in [-0.25, -0.2) is 4.79 Å². The van der Waals surface area contributed by atoms with Crippen LogP contribution in [0, 0.1) is 6.92 Å². The van der Waals surface area contributed by atoms with Gasteiger partial charge in [-0.15, -0.1) is 0 Å². The van der Waals surface area contributed by atoms with Crippen molar-refractivity contribution in [2.75, 3.05) is 7.11 Å². The minimum Gasteiger partial charge on any atom is -0.469 e. The number of aromatic amines is 1. The maximum atomic E-state index is 12.7. The highest BCUT2D eigenvalue weighted by Crippen LogP contribution is 2.28. The Bertz CT molecular complexity index is 897. The van der Waals surface area contributed by atoms with Gasteiger partial charge in [0, 0.05) is 23.4 Å². The number of allylic oxidation sites excluding steroid dienone is 1. The first-order valence-electron chi connectivity index (χ1n) is 9.73. The Labute approximate surface area is 171 Å². The summed E-state index contributed by atoms with van der Waals surface area (Å²) in [6, 6.07) is 0. The molecule has 0 aliphatic carbocycles. The zero-order chi connectivity index (χ0) is 21.9. The molecule has 7 heteroatoms. The van der Waals surface area contributed by atoms with Gasteiger partial charge in [-0.05, 0) is 70.2 Å². The van der Waals surface area contributed by atoms with Crippen molar-refractivity contribution >= 4 is 23.9 Å². The number of aromatic nitrogens is 1. The predicted molar refractivity (Wildman–Crippen MR) is 110 cm³/mol. The van der Waals surface area contributed by atoms with Crippen LogP contribution >= 0.6 is 0 Å². The summed E-state index contributed by atoms with van der Waals surface area (Å²) in [6.07, 6.45) is 2.96. The highest BCUT2D eigenvalue weighted by molar-refractivity contribution is 6.01. The Morgan fingerprint density at radius 2 is 1.83 bits per heavy atom. The molecule has 0 bridgehead atoms. The Kier molecular flexibility index (Phi) is 6.72. The first-order chi connectivity index (χ1) is 13.5. The summed E-state index contributed by atoms with van der Waals surface area (Å²) in [5.74, 6) is -0.934. The van der Waals surface area contributed by atoms with E-state index in [0.29, 0.717) is 35.5 Å². The third kappa shape index (κ3) is 5.16. The lowest BCUT2D eigenvalue weighted by Crippen LogP contribution is -2.24. The van der Waals surface area contributed by atoms with E-state index in [4.69, 9.17) is 9.47 Å². The van der Waals surface area contributed by atoms with Gasteiger partial charge < -0.3 is 19.8 Å². The molecule has 0 atom stereocenters. The molecule has 0 fully saturated rings. The molecule has 1 aromatic rings. The van der Waals surface area contributed by atoms with Gasteiger partial charge in [-0.1, -0.05) is 6.92 Å². The van der Waals surface area contributed by atoms with Crippen LogP contribution < -0.4 is 5.32 Å². The van der Waals surface area contributed by atoms with Gasteiger partial charge in [0.15, 0.2) is 0 Å². The molecule has 2 heterocycles. The highest BCUT2D eigenvalue weighted by Gasteiger charge is 2.27. The number of hydrogen-bond donors (Lipinski definition) is 2. The molecule has 2 N–H and O–H groups in total. The average molecular weight is 402 g/mol. The van der Waals surface area contributed by atoms with Crippen molar-refractivity contribution < 1.29 is 23.9 Å². The largest absolute Gasteiger partial charge is 0.469 e. The normalized spacial score (nSPS) is 15.7. The molecule has 1 aromatic heterocycles. The zero-order valence-electron chi connectivity index (χ0n) is 18.2. The van der Waals surface area contributed by atoms with Crippen molar-refractivity contribution in [2.45, 2.75) is 66.4 Å². The van der Waals surface area contributed by atoms with Gasteiger partial charge in [0.05, 0.1) is 7.11 Å². The summed E-state index contributed by atoms with van der Waals surface area (Å²) in [7, 11) is 1.33. The molecule has 29 heavy (non-hydrogen) atoms. The smallest absolute Gasteiger partial charge is 0.355 e. The van der Waals surface area contributed by atoms with Gasteiger partial charge in [-0.2, -0.15) is 0 Å². The van der Waals surface area contributed by atoms with E-state index in [1.165, 1.54) is 7.11 Å². The van der Waals surface area contributed by atoms with Crippen LogP contribution in [0.2, 0.25) is 0 Å². The molecule has 0 radical (unpaired) electrons. The van der Waals surface area contributed by atoms with E-state index in [-0.39, 0.29) is 18.3 Å². The van der Waals surface area contributed by atoms with Crippen molar-refractivity contribution in [3.05, 3.63) is 39.4 Å². The van der Waals surface area contributed by atoms with E-state index in [9.17, 15) is 14.4 Å². The summed E-state index contributed by atoms with van der Waals surface area (Å²) < 4.78 is 10.2. The number of esters is 2. The Hall–Kier alpha value is -2.83. The quantitative estimate of drug-likeness (QED) is 0.709. The number of rotatable bonds is 6. The van der Waals surface area contributed by atoms with Crippen LogP contribution in [0.4, 0.5) is 0 Å². The standard InChI is InChI=1S/C22H30N2O5/c1-8-14-12(2)17(24-20(14)26)11-16-13(3)15(9-10-18(25)28-7)19(23-16)21(27)29-22(4,5)6/h11,23H,8-10H2,1-7H3,(H,24,26)/b17-11-. The van der Waals surface area contributed by atoms with Crippen LogP contribution in [0.25, 0.3) is 6.08 Å². The molecule has 0 spiro atoms. The highest BCUT2D eigenvalue weighted by atomic mass is 16.6. The molecule has 1 amide bonds. The molecule has 0 saturated carbocycles. The molecule has 0 saturated heterocycles. The maximum absolute atomic E-state index is 12.7. The molecule has 1 aliphatic rings. The van der Waals surface area contributed by atoms with Crippen molar-refractivity contribution in [1.82, 2.24) is 10.3 Å². The van der Waals surface area contributed by atoms with E-state index in [1.807, 2.05) is 26.8 Å².